The van der Waals surface area contributed by atoms with Gasteiger partial charge in [0.25, 0.3) is 0 Å². The normalized spacial score (nSPS) is 10.1. The number of esters is 1. The lowest BCUT2D eigenvalue weighted by Gasteiger charge is -2.01. The fourth-order valence-electron chi connectivity index (χ4n) is 0.979. The first kappa shape index (κ1) is 11.8. The summed E-state index contributed by atoms with van der Waals surface area (Å²) in [7, 11) is 1.22. The van der Waals surface area contributed by atoms with E-state index in [0.717, 1.165) is 12.2 Å². The number of carbonyl (C=O) groups excluding carboxylic acids is 2. The van der Waals surface area contributed by atoms with E-state index in [1.807, 2.05) is 0 Å². The highest BCUT2D eigenvalue weighted by Gasteiger charge is 1.99. The zero-order valence-electron chi connectivity index (χ0n) is 8.64. The van der Waals surface area contributed by atoms with Crippen LogP contribution in [0.1, 0.15) is 0 Å². The van der Waals surface area contributed by atoms with Crippen molar-refractivity contribution >= 4 is 17.6 Å². The minimum absolute atomic E-state index is 0.0507. The van der Waals surface area contributed by atoms with Crippen molar-refractivity contribution in [3.8, 4) is 5.75 Å². The molecule has 0 spiro atoms. The molecular formula is C11H11NO4. The molecule has 2 N–H and O–H groups in total. The number of amides is 1. The van der Waals surface area contributed by atoms with Gasteiger partial charge in [0.2, 0.25) is 5.91 Å². The van der Waals surface area contributed by atoms with Crippen LogP contribution in [-0.2, 0) is 14.3 Å². The Bertz CT molecular complexity index is 426. The molecule has 0 saturated carbocycles. The molecule has 0 aliphatic carbocycles. The molecule has 0 aliphatic heterocycles. The van der Waals surface area contributed by atoms with E-state index in [9.17, 15) is 9.59 Å². The predicted octanol–water partition coefficient (Wildman–Crippen LogP) is 1.06. The van der Waals surface area contributed by atoms with Crippen molar-refractivity contribution < 1.29 is 19.4 Å². The molecule has 16 heavy (non-hydrogen) atoms. The predicted molar refractivity (Wildman–Crippen MR) is 57.9 cm³/mol. The smallest absolute Gasteiger partial charge is 0.330 e. The lowest BCUT2D eigenvalue weighted by atomic mass is 10.3. The van der Waals surface area contributed by atoms with Crippen LogP contribution in [0, 0.1) is 0 Å². The van der Waals surface area contributed by atoms with Crippen LogP contribution in [0.5, 0.6) is 5.75 Å². The van der Waals surface area contributed by atoms with Crippen LogP contribution in [0.3, 0.4) is 0 Å². The first-order valence-electron chi connectivity index (χ1n) is 4.48. The Balaban J connectivity index is 2.58. The van der Waals surface area contributed by atoms with Crippen LogP contribution < -0.4 is 5.32 Å². The van der Waals surface area contributed by atoms with Crippen molar-refractivity contribution in [3.05, 3.63) is 36.4 Å². The number of hydrogen-bond acceptors (Lipinski definition) is 4. The van der Waals surface area contributed by atoms with Crippen molar-refractivity contribution in [1.29, 1.82) is 0 Å². The van der Waals surface area contributed by atoms with Gasteiger partial charge < -0.3 is 15.2 Å². The molecule has 84 valence electrons. The number of carbonyl (C=O) groups is 2. The SMILES string of the molecule is COC(=O)/C=C\C(=O)Nc1cccc(O)c1. The van der Waals surface area contributed by atoms with Gasteiger partial charge in [-0.15, -0.1) is 0 Å². The molecule has 1 aromatic carbocycles. The summed E-state index contributed by atoms with van der Waals surface area (Å²) in [6, 6.07) is 6.09. The number of anilines is 1. The first-order chi connectivity index (χ1) is 7.61. The molecule has 0 bridgehead atoms. The van der Waals surface area contributed by atoms with Crippen molar-refractivity contribution in [1.82, 2.24) is 0 Å². The summed E-state index contributed by atoms with van der Waals surface area (Å²) < 4.78 is 4.32. The van der Waals surface area contributed by atoms with Crippen molar-refractivity contribution in [2.45, 2.75) is 0 Å². The van der Waals surface area contributed by atoms with Gasteiger partial charge in [-0.05, 0) is 12.1 Å². The fourth-order valence-corrected chi connectivity index (χ4v) is 0.979. The minimum Gasteiger partial charge on any atom is -0.508 e. The number of aromatic hydroxyl groups is 1. The number of methoxy groups -OCH3 is 1. The average Bonchev–Trinajstić information content (AvgIpc) is 2.26. The second-order valence-corrected chi connectivity index (χ2v) is 2.90. The maximum absolute atomic E-state index is 11.3. The van der Waals surface area contributed by atoms with Gasteiger partial charge in [-0.1, -0.05) is 6.07 Å². The Morgan fingerprint density at radius 1 is 1.38 bits per heavy atom. The van der Waals surface area contributed by atoms with Crippen LogP contribution in [0.15, 0.2) is 36.4 Å². The number of ether oxygens (including phenoxy) is 1. The second kappa shape index (κ2) is 5.55. The van der Waals surface area contributed by atoms with Gasteiger partial charge in [0.15, 0.2) is 0 Å². The summed E-state index contributed by atoms with van der Waals surface area (Å²) in [6.45, 7) is 0. The van der Waals surface area contributed by atoms with Crippen LogP contribution in [0.25, 0.3) is 0 Å². The third-order valence-electron chi connectivity index (χ3n) is 1.69. The first-order valence-corrected chi connectivity index (χ1v) is 4.48. The zero-order chi connectivity index (χ0) is 12.0. The van der Waals surface area contributed by atoms with E-state index < -0.39 is 11.9 Å². The largest absolute Gasteiger partial charge is 0.508 e. The Morgan fingerprint density at radius 3 is 2.75 bits per heavy atom. The lowest BCUT2D eigenvalue weighted by Crippen LogP contribution is -2.08. The number of hydrogen-bond donors (Lipinski definition) is 2. The summed E-state index contributed by atoms with van der Waals surface area (Å²) in [5.41, 5.74) is 0.444. The molecule has 1 amide bonds. The number of phenolic OH excluding ortho intramolecular Hbond substituents is 1. The summed E-state index contributed by atoms with van der Waals surface area (Å²) in [4.78, 5) is 22.0. The van der Waals surface area contributed by atoms with E-state index in [4.69, 9.17) is 5.11 Å². The molecule has 0 aliphatic rings. The monoisotopic (exact) mass is 221 g/mol. The maximum Gasteiger partial charge on any atom is 0.330 e. The highest BCUT2D eigenvalue weighted by Crippen LogP contribution is 2.14. The van der Waals surface area contributed by atoms with Gasteiger partial charge >= 0.3 is 5.97 Å². The van der Waals surface area contributed by atoms with Gasteiger partial charge in [-0.2, -0.15) is 0 Å². The third kappa shape index (κ3) is 3.83. The van der Waals surface area contributed by atoms with E-state index in [-0.39, 0.29) is 5.75 Å². The standard InChI is InChI=1S/C11H11NO4/c1-16-11(15)6-5-10(14)12-8-3-2-4-9(13)7-8/h2-7,13H,1H3,(H,12,14)/b6-5-. The fraction of sp³-hybridized carbons (Fsp3) is 0.0909. The molecule has 0 atom stereocenters. The quantitative estimate of drug-likeness (QED) is 0.591. The van der Waals surface area contributed by atoms with Gasteiger partial charge in [0.1, 0.15) is 5.75 Å². The summed E-state index contributed by atoms with van der Waals surface area (Å²) in [5.74, 6) is -1.03. The van der Waals surface area contributed by atoms with Crippen LogP contribution in [-0.4, -0.2) is 24.1 Å². The molecule has 0 unspecified atom stereocenters. The number of phenols is 1. The Kier molecular flexibility index (Phi) is 4.08. The Labute approximate surface area is 92.3 Å². The maximum atomic E-state index is 11.3. The molecule has 0 radical (unpaired) electrons. The lowest BCUT2D eigenvalue weighted by molar-refractivity contribution is -0.135. The summed E-state index contributed by atoms with van der Waals surface area (Å²) in [5, 5.41) is 11.6. The Hall–Kier alpha value is -2.30. The van der Waals surface area contributed by atoms with E-state index in [2.05, 4.69) is 10.1 Å². The summed E-state index contributed by atoms with van der Waals surface area (Å²) in [6.07, 6.45) is 2.06. The third-order valence-corrected chi connectivity index (χ3v) is 1.69. The van der Waals surface area contributed by atoms with E-state index in [1.165, 1.54) is 19.2 Å². The number of rotatable bonds is 3. The molecule has 1 aromatic rings. The van der Waals surface area contributed by atoms with Gasteiger partial charge in [0, 0.05) is 23.9 Å². The van der Waals surface area contributed by atoms with E-state index >= 15 is 0 Å². The molecule has 0 heterocycles. The van der Waals surface area contributed by atoms with Crippen molar-refractivity contribution in [3.63, 3.8) is 0 Å². The molecule has 0 saturated heterocycles. The molecule has 5 nitrogen and oxygen atoms in total. The van der Waals surface area contributed by atoms with Crippen LogP contribution in [0.4, 0.5) is 5.69 Å². The highest BCUT2D eigenvalue weighted by atomic mass is 16.5. The zero-order valence-corrected chi connectivity index (χ0v) is 8.64. The van der Waals surface area contributed by atoms with Gasteiger partial charge in [0.05, 0.1) is 7.11 Å². The molecule has 0 aromatic heterocycles. The molecule has 0 fully saturated rings. The number of benzene rings is 1. The molecular weight excluding hydrogens is 210 g/mol. The van der Waals surface area contributed by atoms with Gasteiger partial charge in [-0.3, -0.25) is 4.79 Å². The minimum atomic E-state index is -0.606. The van der Waals surface area contributed by atoms with Crippen LogP contribution >= 0.6 is 0 Å². The van der Waals surface area contributed by atoms with Crippen molar-refractivity contribution in [2.24, 2.45) is 0 Å². The van der Waals surface area contributed by atoms with Crippen molar-refractivity contribution in [2.75, 3.05) is 12.4 Å². The van der Waals surface area contributed by atoms with E-state index in [0.29, 0.717) is 5.69 Å². The molecule has 1 rings (SSSR count). The van der Waals surface area contributed by atoms with Crippen LogP contribution in [0.2, 0.25) is 0 Å². The summed E-state index contributed by atoms with van der Waals surface area (Å²) >= 11 is 0. The molecule has 5 heteroatoms. The number of nitrogens with one attached hydrogen (secondary N) is 1. The average molecular weight is 221 g/mol. The topological polar surface area (TPSA) is 75.6 Å². The van der Waals surface area contributed by atoms with Gasteiger partial charge in [-0.25, -0.2) is 4.79 Å². The van der Waals surface area contributed by atoms with E-state index in [1.54, 1.807) is 12.1 Å². The highest BCUT2D eigenvalue weighted by molar-refractivity contribution is 6.02. The second-order valence-electron chi connectivity index (χ2n) is 2.90. The Morgan fingerprint density at radius 2 is 2.12 bits per heavy atom.